The van der Waals surface area contributed by atoms with Crippen LogP contribution in [0, 0.1) is 0 Å². The lowest BCUT2D eigenvalue weighted by molar-refractivity contribution is -0.0862. The van der Waals surface area contributed by atoms with Crippen molar-refractivity contribution in [2.45, 2.75) is 38.4 Å². The third kappa shape index (κ3) is 4.47. The van der Waals surface area contributed by atoms with E-state index in [-0.39, 0.29) is 6.10 Å². The van der Waals surface area contributed by atoms with Crippen LogP contribution in [-0.2, 0) is 9.47 Å². The van der Waals surface area contributed by atoms with E-state index in [1.165, 1.54) is 0 Å². The largest absolute Gasteiger partial charge is 0.388 e. The van der Waals surface area contributed by atoms with E-state index >= 15 is 0 Å². The molecule has 1 heterocycles. The number of rotatable bonds is 6. The summed E-state index contributed by atoms with van der Waals surface area (Å²) in [4.78, 5) is 0. The van der Waals surface area contributed by atoms with Crippen LogP contribution >= 0.6 is 0 Å². The van der Waals surface area contributed by atoms with Crippen molar-refractivity contribution >= 4 is 0 Å². The van der Waals surface area contributed by atoms with Crippen molar-refractivity contribution < 1.29 is 14.6 Å². The van der Waals surface area contributed by atoms with Gasteiger partial charge < -0.3 is 19.9 Å². The summed E-state index contributed by atoms with van der Waals surface area (Å²) in [5.41, 5.74) is -0.665. The zero-order valence-electron chi connectivity index (χ0n) is 9.79. The Morgan fingerprint density at radius 2 is 2.20 bits per heavy atom. The van der Waals surface area contributed by atoms with E-state index in [1.54, 1.807) is 0 Å². The highest BCUT2D eigenvalue weighted by molar-refractivity contribution is 4.75. The summed E-state index contributed by atoms with van der Waals surface area (Å²) in [6, 6.07) is 0. The van der Waals surface area contributed by atoms with Crippen molar-refractivity contribution in [1.82, 2.24) is 5.32 Å². The Labute approximate surface area is 92.0 Å². The van der Waals surface area contributed by atoms with E-state index in [0.717, 1.165) is 32.5 Å². The van der Waals surface area contributed by atoms with Crippen molar-refractivity contribution in [1.29, 1.82) is 0 Å². The predicted molar refractivity (Wildman–Crippen MR) is 59.0 cm³/mol. The van der Waals surface area contributed by atoms with Crippen LogP contribution in [0.4, 0.5) is 0 Å². The molecule has 1 unspecified atom stereocenters. The standard InChI is InChI=1S/C11H23NO3/c1-3-11(13,4-2)9-14-8-10-7-12-5-6-15-10/h10,12-13H,3-9H2,1-2H3. The molecule has 1 rings (SSSR count). The first-order valence-electron chi connectivity index (χ1n) is 5.82. The Bertz CT molecular complexity index is 165. The summed E-state index contributed by atoms with van der Waals surface area (Å²) in [6.07, 6.45) is 1.59. The second-order valence-corrected chi connectivity index (χ2v) is 4.14. The van der Waals surface area contributed by atoms with E-state index in [4.69, 9.17) is 9.47 Å². The van der Waals surface area contributed by atoms with Gasteiger partial charge in [0.05, 0.1) is 31.5 Å². The summed E-state index contributed by atoms with van der Waals surface area (Å²) in [7, 11) is 0. The number of hydrogen-bond donors (Lipinski definition) is 2. The average Bonchev–Trinajstić information content (AvgIpc) is 2.30. The Morgan fingerprint density at radius 3 is 2.73 bits per heavy atom. The van der Waals surface area contributed by atoms with Gasteiger partial charge in [-0.15, -0.1) is 0 Å². The van der Waals surface area contributed by atoms with Gasteiger partial charge in [-0.25, -0.2) is 0 Å². The summed E-state index contributed by atoms with van der Waals surface area (Å²) < 4.78 is 11.0. The van der Waals surface area contributed by atoms with Gasteiger partial charge in [-0.3, -0.25) is 0 Å². The van der Waals surface area contributed by atoms with Gasteiger partial charge in [-0.1, -0.05) is 13.8 Å². The zero-order valence-corrected chi connectivity index (χ0v) is 9.79. The van der Waals surface area contributed by atoms with E-state index in [9.17, 15) is 5.11 Å². The zero-order chi connectivity index (χ0) is 11.1. The van der Waals surface area contributed by atoms with Crippen LogP contribution in [0.15, 0.2) is 0 Å². The van der Waals surface area contributed by atoms with Gasteiger partial charge in [-0.2, -0.15) is 0 Å². The quantitative estimate of drug-likeness (QED) is 0.682. The normalized spacial score (nSPS) is 23.0. The Morgan fingerprint density at radius 1 is 1.47 bits per heavy atom. The molecule has 1 fully saturated rings. The van der Waals surface area contributed by atoms with Gasteiger partial charge in [0.1, 0.15) is 0 Å². The second kappa shape index (κ2) is 6.43. The molecule has 90 valence electrons. The summed E-state index contributed by atoms with van der Waals surface area (Å²) in [6.45, 7) is 7.44. The average molecular weight is 217 g/mol. The van der Waals surface area contributed by atoms with Gasteiger partial charge >= 0.3 is 0 Å². The summed E-state index contributed by atoms with van der Waals surface area (Å²) >= 11 is 0. The maximum absolute atomic E-state index is 9.98. The third-order valence-corrected chi connectivity index (χ3v) is 3.00. The number of nitrogens with one attached hydrogen (secondary N) is 1. The molecule has 1 saturated heterocycles. The minimum Gasteiger partial charge on any atom is -0.388 e. The molecule has 1 aliphatic heterocycles. The molecule has 15 heavy (non-hydrogen) atoms. The van der Waals surface area contributed by atoms with Crippen molar-refractivity contribution in [2.24, 2.45) is 0 Å². The summed E-state index contributed by atoms with van der Waals surface area (Å²) in [5, 5.41) is 13.2. The minimum atomic E-state index is -0.665. The first kappa shape index (κ1) is 12.9. The van der Waals surface area contributed by atoms with Gasteiger partial charge in [0.15, 0.2) is 0 Å². The Hall–Kier alpha value is -0.160. The first-order valence-corrected chi connectivity index (χ1v) is 5.82. The second-order valence-electron chi connectivity index (χ2n) is 4.14. The molecule has 0 spiro atoms. The third-order valence-electron chi connectivity index (χ3n) is 3.00. The maximum Gasteiger partial charge on any atom is 0.0933 e. The van der Waals surface area contributed by atoms with E-state index in [0.29, 0.717) is 13.2 Å². The fourth-order valence-corrected chi connectivity index (χ4v) is 1.56. The minimum absolute atomic E-state index is 0.136. The molecule has 0 aromatic carbocycles. The van der Waals surface area contributed by atoms with E-state index in [1.807, 2.05) is 13.8 Å². The first-order chi connectivity index (χ1) is 7.20. The van der Waals surface area contributed by atoms with Crippen molar-refractivity contribution in [2.75, 3.05) is 32.9 Å². The topological polar surface area (TPSA) is 50.7 Å². The molecule has 0 amide bonds. The molecule has 0 aromatic heterocycles. The molecule has 0 saturated carbocycles. The predicted octanol–water partition coefficient (Wildman–Crippen LogP) is 0.542. The molecule has 4 heteroatoms. The van der Waals surface area contributed by atoms with Gasteiger partial charge in [0.25, 0.3) is 0 Å². The molecule has 0 aromatic rings. The molecule has 0 bridgehead atoms. The number of morpholine rings is 1. The van der Waals surface area contributed by atoms with Gasteiger partial charge in [0.2, 0.25) is 0 Å². The van der Waals surface area contributed by atoms with E-state index in [2.05, 4.69) is 5.32 Å². The van der Waals surface area contributed by atoms with E-state index < -0.39 is 5.60 Å². The molecule has 0 aliphatic carbocycles. The number of hydrogen-bond acceptors (Lipinski definition) is 4. The lowest BCUT2D eigenvalue weighted by Crippen LogP contribution is -2.42. The molecule has 0 radical (unpaired) electrons. The van der Waals surface area contributed by atoms with Crippen molar-refractivity contribution in [3.63, 3.8) is 0 Å². The van der Waals surface area contributed by atoms with Crippen LogP contribution < -0.4 is 5.32 Å². The SMILES string of the molecule is CCC(O)(CC)COCC1CNCCO1. The smallest absolute Gasteiger partial charge is 0.0933 e. The lowest BCUT2D eigenvalue weighted by atomic mass is 9.99. The maximum atomic E-state index is 9.98. The molecule has 1 aliphatic rings. The monoisotopic (exact) mass is 217 g/mol. The highest BCUT2D eigenvalue weighted by Crippen LogP contribution is 2.15. The summed E-state index contributed by atoms with van der Waals surface area (Å²) in [5.74, 6) is 0. The Balaban J connectivity index is 2.14. The van der Waals surface area contributed by atoms with Crippen LogP contribution in [0.3, 0.4) is 0 Å². The number of aliphatic hydroxyl groups is 1. The van der Waals surface area contributed by atoms with Crippen LogP contribution in [0.1, 0.15) is 26.7 Å². The highest BCUT2D eigenvalue weighted by atomic mass is 16.5. The Kier molecular flexibility index (Phi) is 5.53. The van der Waals surface area contributed by atoms with Gasteiger partial charge in [0, 0.05) is 13.1 Å². The van der Waals surface area contributed by atoms with Crippen LogP contribution in [0.5, 0.6) is 0 Å². The fourth-order valence-electron chi connectivity index (χ4n) is 1.56. The fraction of sp³-hybridized carbons (Fsp3) is 1.00. The lowest BCUT2D eigenvalue weighted by Gasteiger charge is -2.28. The van der Waals surface area contributed by atoms with Crippen molar-refractivity contribution in [3.05, 3.63) is 0 Å². The molecule has 4 nitrogen and oxygen atoms in total. The van der Waals surface area contributed by atoms with Crippen LogP contribution in [0.25, 0.3) is 0 Å². The molecule has 1 atom stereocenters. The molecular formula is C11H23NO3. The van der Waals surface area contributed by atoms with Crippen LogP contribution in [-0.4, -0.2) is 49.7 Å². The van der Waals surface area contributed by atoms with Crippen LogP contribution in [0.2, 0.25) is 0 Å². The number of ether oxygens (including phenoxy) is 2. The highest BCUT2D eigenvalue weighted by Gasteiger charge is 2.23. The molecular weight excluding hydrogens is 194 g/mol. The van der Waals surface area contributed by atoms with Gasteiger partial charge in [-0.05, 0) is 12.8 Å². The molecule has 2 N–H and O–H groups in total. The van der Waals surface area contributed by atoms with Crippen molar-refractivity contribution in [3.8, 4) is 0 Å².